The van der Waals surface area contributed by atoms with E-state index in [0.717, 1.165) is 19.5 Å². The normalized spacial score (nSPS) is 12.8. The molecule has 2 nitrogen and oxygen atoms in total. The van der Waals surface area contributed by atoms with Crippen molar-refractivity contribution < 1.29 is 0 Å². The highest BCUT2D eigenvalue weighted by molar-refractivity contribution is 7.09. The molecule has 3 heteroatoms. The molecule has 0 radical (unpaired) electrons. The minimum Gasteiger partial charge on any atom is -0.350 e. The number of thiophene rings is 1. The summed E-state index contributed by atoms with van der Waals surface area (Å²) >= 11 is 1.84. The average Bonchev–Trinajstić information content (AvgIpc) is 2.99. The molecule has 18 heavy (non-hydrogen) atoms. The number of aromatic nitrogens is 1. The molecule has 0 aliphatic heterocycles. The number of hydrogen-bond acceptors (Lipinski definition) is 2. The van der Waals surface area contributed by atoms with Crippen LogP contribution in [-0.4, -0.2) is 10.6 Å². The average molecular weight is 262 g/mol. The number of hydrogen-bond donors (Lipinski definition) is 1. The maximum atomic E-state index is 3.61. The second-order valence-electron chi connectivity index (χ2n) is 4.76. The van der Waals surface area contributed by atoms with Crippen LogP contribution in [0.15, 0.2) is 35.8 Å². The Labute approximate surface area is 114 Å². The largest absolute Gasteiger partial charge is 0.350 e. The molecule has 0 aliphatic rings. The molecule has 2 aromatic rings. The fraction of sp³-hybridized carbons (Fsp3) is 0.467. The van der Waals surface area contributed by atoms with Gasteiger partial charge in [-0.25, -0.2) is 0 Å². The first-order chi connectivity index (χ1) is 8.79. The molecule has 1 atom stereocenters. The van der Waals surface area contributed by atoms with Gasteiger partial charge in [-0.2, -0.15) is 0 Å². The molecule has 0 aliphatic carbocycles. The fourth-order valence-corrected chi connectivity index (χ4v) is 2.99. The lowest BCUT2D eigenvalue weighted by Crippen LogP contribution is -2.28. The lowest BCUT2D eigenvalue weighted by atomic mass is 10.2. The van der Waals surface area contributed by atoms with E-state index in [1.165, 1.54) is 17.0 Å². The van der Waals surface area contributed by atoms with E-state index in [9.17, 15) is 0 Å². The topological polar surface area (TPSA) is 17.0 Å². The molecule has 2 heterocycles. The highest BCUT2D eigenvalue weighted by atomic mass is 32.1. The van der Waals surface area contributed by atoms with Crippen molar-refractivity contribution >= 4 is 11.3 Å². The van der Waals surface area contributed by atoms with E-state index < -0.39 is 0 Å². The fourth-order valence-electron chi connectivity index (χ4n) is 2.15. The quantitative estimate of drug-likeness (QED) is 0.805. The minimum absolute atomic E-state index is 0.522. The minimum atomic E-state index is 0.522. The highest BCUT2D eigenvalue weighted by Gasteiger charge is 2.05. The molecule has 1 N–H and O–H groups in total. The van der Waals surface area contributed by atoms with Gasteiger partial charge in [-0.1, -0.05) is 13.0 Å². The Bertz CT molecular complexity index is 445. The summed E-state index contributed by atoms with van der Waals surface area (Å²) in [6.07, 6.45) is 4.48. The van der Waals surface area contributed by atoms with Gasteiger partial charge in [0.25, 0.3) is 0 Å². The molecule has 0 bridgehead atoms. The van der Waals surface area contributed by atoms with Crippen molar-refractivity contribution in [3.8, 4) is 0 Å². The molecular formula is C15H22N2S. The zero-order valence-corrected chi connectivity index (χ0v) is 12.0. The predicted molar refractivity (Wildman–Crippen MR) is 79.0 cm³/mol. The zero-order valence-electron chi connectivity index (χ0n) is 11.2. The van der Waals surface area contributed by atoms with Crippen LogP contribution < -0.4 is 5.32 Å². The van der Waals surface area contributed by atoms with Gasteiger partial charge in [0.1, 0.15) is 0 Å². The molecule has 98 valence electrons. The zero-order chi connectivity index (χ0) is 12.8. The highest BCUT2D eigenvalue weighted by Crippen LogP contribution is 2.11. The van der Waals surface area contributed by atoms with Gasteiger partial charge < -0.3 is 9.88 Å². The lowest BCUT2D eigenvalue weighted by molar-refractivity contribution is 0.524. The summed E-state index contributed by atoms with van der Waals surface area (Å²) in [4.78, 5) is 1.46. The van der Waals surface area contributed by atoms with Crippen LogP contribution in [0.2, 0.25) is 0 Å². The Morgan fingerprint density at radius 3 is 2.94 bits per heavy atom. The van der Waals surface area contributed by atoms with Crippen molar-refractivity contribution in [1.29, 1.82) is 0 Å². The number of nitrogens with one attached hydrogen (secondary N) is 1. The Hall–Kier alpha value is -1.06. The summed E-state index contributed by atoms with van der Waals surface area (Å²) in [6.45, 7) is 6.55. The van der Waals surface area contributed by atoms with Gasteiger partial charge >= 0.3 is 0 Å². The first-order valence-corrected chi connectivity index (χ1v) is 7.57. The van der Waals surface area contributed by atoms with E-state index in [-0.39, 0.29) is 0 Å². The molecule has 2 rings (SSSR count). The van der Waals surface area contributed by atoms with E-state index in [0.29, 0.717) is 6.04 Å². The third kappa shape index (κ3) is 3.72. The van der Waals surface area contributed by atoms with Gasteiger partial charge in [0.15, 0.2) is 0 Å². The van der Waals surface area contributed by atoms with Crippen molar-refractivity contribution in [2.45, 2.75) is 45.8 Å². The van der Waals surface area contributed by atoms with Gasteiger partial charge in [-0.3, -0.25) is 0 Å². The molecule has 0 aromatic carbocycles. The lowest BCUT2D eigenvalue weighted by Gasteiger charge is -2.14. The third-order valence-electron chi connectivity index (χ3n) is 3.11. The monoisotopic (exact) mass is 262 g/mol. The van der Waals surface area contributed by atoms with E-state index >= 15 is 0 Å². The molecule has 0 saturated heterocycles. The second kappa shape index (κ2) is 6.76. The summed E-state index contributed by atoms with van der Waals surface area (Å²) in [5.74, 6) is 0. The summed E-state index contributed by atoms with van der Waals surface area (Å²) in [6, 6.07) is 9.20. The molecule has 0 saturated carbocycles. The predicted octanol–water partition coefficient (Wildman–Crippen LogP) is 3.68. The molecule has 0 amide bonds. The van der Waals surface area contributed by atoms with E-state index in [2.05, 4.69) is 59.6 Å². The molecule has 0 fully saturated rings. The number of rotatable bonds is 7. The van der Waals surface area contributed by atoms with Gasteiger partial charge in [0, 0.05) is 35.9 Å². The molecule has 2 aromatic heterocycles. The maximum absolute atomic E-state index is 3.61. The molecule has 0 spiro atoms. The SMILES string of the molecule is CCCn1cccc1CNC(C)Cc1cccs1. The summed E-state index contributed by atoms with van der Waals surface area (Å²) < 4.78 is 2.34. The van der Waals surface area contributed by atoms with Gasteiger partial charge in [0.2, 0.25) is 0 Å². The van der Waals surface area contributed by atoms with Crippen molar-refractivity contribution in [3.63, 3.8) is 0 Å². The van der Waals surface area contributed by atoms with E-state index in [1.54, 1.807) is 0 Å². The smallest absolute Gasteiger partial charge is 0.0361 e. The summed E-state index contributed by atoms with van der Waals surface area (Å²) in [5.41, 5.74) is 1.38. The van der Waals surface area contributed by atoms with Gasteiger partial charge in [-0.05, 0) is 43.3 Å². The van der Waals surface area contributed by atoms with Crippen LogP contribution in [0.4, 0.5) is 0 Å². The molecule has 1 unspecified atom stereocenters. The number of aryl methyl sites for hydroxylation is 1. The third-order valence-corrected chi connectivity index (χ3v) is 4.01. The Morgan fingerprint density at radius 2 is 2.22 bits per heavy atom. The van der Waals surface area contributed by atoms with E-state index in [1.807, 2.05) is 11.3 Å². The van der Waals surface area contributed by atoms with Crippen molar-refractivity contribution in [1.82, 2.24) is 9.88 Å². The molecular weight excluding hydrogens is 240 g/mol. The maximum Gasteiger partial charge on any atom is 0.0361 e. The van der Waals surface area contributed by atoms with Crippen molar-refractivity contribution in [2.24, 2.45) is 0 Å². The van der Waals surface area contributed by atoms with Crippen LogP contribution >= 0.6 is 11.3 Å². The van der Waals surface area contributed by atoms with Crippen molar-refractivity contribution in [3.05, 3.63) is 46.4 Å². The second-order valence-corrected chi connectivity index (χ2v) is 5.79. The van der Waals surface area contributed by atoms with Crippen LogP contribution in [0.3, 0.4) is 0 Å². The van der Waals surface area contributed by atoms with Crippen LogP contribution in [0, 0.1) is 0 Å². The van der Waals surface area contributed by atoms with Gasteiger partial charge in [-0.15, -0.1) is 11.3 Å². The van der Waals surface area contributed by atoms with Crippen LogP contribution in [0.25, 0.3) is 0 Å². The van der Waals surface area contributed by atoms with Gasteiger partial charge in [0.05, 0.1) is 0 Å². The Kier molecular flexibility index (Phi) is 5.02. The number of nitrogens with zero attached hydrogens (tertiary/aromatic N) is 1. The Morgan fingerprint density at radius 1 is 1.33 bits per heavy atom. The van der Waals surface area contributed by atoms with E-state index in [4.69, 9.17) is 0 Å². The first-order valence-electron chi connectivity index (χ1n) is 6.69. The van der Waals surface area contributed by atoms with Crippen molar-refractivity contribution in [2.75, 3.05) is 0 Å². The van der Waals surface area contributed by atoms with Crippen LogP contribution in [-0.2, 0) is 19.5 Å². The summed E-state index contributed by atoms with van der Waals surface area (Å²) in [5, 5.41) is 5.76. The Balaban J connectivity index is 1.81. The van der Waals surface area contributed by atoms with Crippen LogP contribution in [0.5, 0.6) is 0 Å². The standard InChI is InChI=1S/C15H22N2S/c1-3-8-17-9-4-6-14(17)12-16-13(2)11-15-7-5-10-18-15/h4-7,9-10,13,16H,3,8,11-12H2,1-2H3. The van der Waals surface area contributed by atoms with Crippen LogP contribution in [0.1, 0.15) is 30.8 Å². The first kappa shape index (κ1) is 13.4. The summed E-state index contributed by atoms with van der Waals surface area (Å²) in [7, 11) is 0.